The summed E-state index contributed by atoms with van der Waals surface area (Å²) in [6, 6.07) is 63.0. The van der Waals surface area contributed by atoms with Crippen LogP contribution in [0.3, 0.4) is 0 Å². The molecule has 0 aliphatic heterocycles. The topological polar surface area (TPSA) is 16.4 Å². The van der Waals surface area contributed by atoms with E-state index in [1.54, 1.807) is 0 Å². The minimum Gasteiger partial charge on any atom is -0.456 e. The van der Waals surface area contributed by atoms with E-state index < -0.39 is 0 Å². The molecule has 0 saturated heterocycles. The molecule has 2 nitrogen and oxygen atoms in total. The van der Waals surface area contributed by atoms with Gasteiger partial charge < -0.3 is 9.32 Å². The number of para-hydroxylation sites is 1. The zero-order valence-corrected chi connectivity index (χ0v) is 31.8. The van der Waals surface area contributed by atoms with Crippen LogP contribution in [0.25, 0.3) is 65.7 Å². The van der Waals surface area contributed by atoms with E-state index in [-0.39, 0.29) is 5.41 Å². The van der Waals surface area contributed by atoms with E-state index in [0.717, 1.165) is 39.2 Å². The number of nitrogens with zero attached hydrogens (tertiary/aromatic N) is 1. The van der Waals surface area contributed by atoms with E-state index in [2.05, 4.69) is 175 Å². The Morgan fingerprint density at radius 1 is 0.464 bits per heavy atom. The van der Waals surface area contributed by atoms with Gasteiger partial charge in [0.05, 0.1) is 11.4 Å². The largest absolute Gasteiger partial charge is 0.456 e. The summed E-state index contributed by atoms with van der Waals surface area (Å²) in [6.45, 7) is 0. The molecule has 272 valence electrons. The zero-order valence-electron chi connectivity index (χ0n) is 31.8. The summed E-state index contributed by atoms with van der Waals surface area (Å²) < 4.78 is 6.40. The molecule has 0 radical (unpaired) electrons. The van der Waals surface area contributed by atoms with Gasteiger partial charge in [-0.2, -0.15) is 0 Å². The van der Waals surface area contributed by atoms with Gasteiger partial charge in [-0.3, -0.25) is 0 Å². The third-order valence-corrected chi connectivity index (χ3v) is 13.4. The first-order valence-electron chi connectivity index (χ1n) is 20.7. The fourth-order valence-corrected chi connectivity index (χ4v) is 10.7. The van der Waals surface area contributed by atoms with E-state index in [1.165, 1.54) is 106 Å². The van der Waals surface area contributed by atoms with Gasteiger partial charge in [-0.05, 0) is 118 Å². The fourth-order valence-electron chi connectivity index (χ4n) is 10.7. The summed E-state index contributed by atoms with van der Waals surface area (Å²) in [5.74, 6) is 0.769. The first-order chi connectivity index (χ1) is 27.7. The first-order valence-corrected chi connectivity index (χ1v) is 20.7. The Morgan fingerprint density at radius 2 is 1.12 bits per heavy atom. The fraction of sp³-hybridized carbons (Fsp3) is 0.185. The van der Waals surface area contributed by atoms with Gasteiger partial charge in [0.2, 0.25) is 0 Å². The lowest BCUT2D eigenvalue weighted by molar-refractivity contribution is 0.124. The van der Waals surface area contributed by atoms with Crippen LogP contribution < -0.4 is 4.90 Å². The van der Waals surface area contributed by atoms with Crippen LogP contribution in [0.2, 0.25) is 0 Å². The number of hydrogen-bond acceptors (Lipinski definition) is 2. The molecule has 1 aromatic heterocycles. The maximum absolute atomic E-state index is 6.40. The molecule has 56 heavy (non-hydrogen) atoms. The third-order valence-electron chi connectivity index (χ3n) is 13.4. The van der Waals surface area contributed by atoms with E-state index in [9.17, 15) is 0 Å². The highest BCUT2D eigenvalue weighted by Gasteiger charge is 2.43. The minimum atomic E-state index is 0.259. The average molecular weight is 724 g/mol. The van der Waals surface area contributed by atoms with Gasteiger partial charge in [0.25, 0.3) is 0 Å². The van der Waals surface area contributed by atoms with Gasteiger partial charge in [0.15, 0.2) is 0 Å². The Balaban J connectivity index is 1.23. The number of fused-ring (bicyclic) bond motifs is 6. The standard InChI is InChI=1S/C54H45NO/c1-2-15-38(16-3-1)47-35-41(54-33-12-10-20-40(54)21-11-13-34-54)28-31-49(47)55(42-29-32-52-48(36-42)45-24-8-9-26-51(45)56-52)50-30-27-39-18-5-7-23-44(39)53(50)46-25-14-19-37-17-4-6-22-43(37)46/h1-9,14-19,22-32,35-36,40H,10-13,20-21,33-34H2. The lowest BCUT2D eigenvalue weighted by Gasteiger charge is -2.48. The highest BCUT2D eigenvalue weighted by atomic mass is 16.3. The molecule has 2 heteroatoms. The van der Waals surface area contributed by atoms with Crippen molar-refractivity contribution in [3.05, 3.63) is 175 Å². The van der Waals surface area contributed by atoms with Gasteiger partial charge in [-0.25, -0.2) is 0 Å². The lowest BCUT2D eigenvalue weighted by Crippen LogP contribution is -2.40. The molecule has 8 aromatic carbocycles. The van der Waals surface area contributed by atoms with Gasteiger partial charge in [0, 0.05) is 27.6 Å². The number of hydrogen-bond donors (Lipinski definition) is 0. The average Bonchev–Trinajstić information content (AvgIpc) is 3.65. The summed E-state index contributed by atoms with van der Waals surface area (Å²) in [7, 11) is 0. The van der Waals surface area contributed by atoms with Crippen molar-refractivity contribution in [3.8, 4) is 22.3 Å². The van der Waals surface area contributed by atoms with Crippen molar-refractivity contribution in [2.24, 2.45) is 5.92 Å². The third kappa shape index (κ3) is 5.38. The summed E-state index contributed by atoms with van der Waals surface area (Å²) in [5, 5.41) is 7.22. The number of benzene rings is 8. The maximum Gasteiger partial charge on any atom is 0.135 e. The second-order valence-corrected chi connectivity index (χ2v) is 16.3. The summed E-state index contributed by atoms with van der Waals surface area (Å²) in [4.78, 5) is 2.55. The summed E-state index contributed by atoms with van der Waals surface area (Å²) in [5.41, 5.74) is 12.1. The van der Waals surface area contributed by atoms with Crippen LogP contribution in [0.1, 0.15) is 56.9 Å². The molecule has 0 bridgehead atoms. The molecule has 2 aliphatic rings. The van der Waals surface area contributed by atoms with Gasteiger partial charge >= 0.3 is 0 Å². The molecule has 1 heterocycles. The zero-order chi connectivity index (χ0) is 37.1. The van der Waals surface area contributed by atoms with Crippen LogP contribution in [0.5, 0.6) is 0 Å². The Labute approximate surface area is 329 Å². The van der Waals surface area contributed by atoms with Crippen molar-refractivity contribution in [1.29, 1.82) is 0 Å². The summed E-state index contributed by atoms with van der Waals surface area (Å²) in [6.07, 6.45) is 10.7. The Morgan fingerprint density at radius 3 is 1.95 bits per heavy atom. The molecule has 0 amide bonds. The van der Waals surface area contributed by atoms with Crippen LogP contribution in [-0.2, 0) is 5.41 Å². The molecule has 0 N–H and O–H groups in total. The molecule has 2 aliphatic carbocycles. The normalized spacial score (nSPS) is 18.4. The van der Waals surface area contributed by atoms with E-state index in [1.807, 2.05) is 0 Å². The van der Waals surface area contributed by atoms with Crippen molar-refractivity contribution in [3.63, 3.8) is 0 Å². The van der Waals surface area contributed by atoms with Crippen LogP contribution in [0.15, 0.2) is 174 Å². The molecule has 9 aromatic rings. The van der Waals surface area contributed by atoms with Crippen LogP contribution >= 0.6 is 0 Å². The molecular weight excluding hydrogens is 679 g/mol. The van der Waals surface area contributed by atoms with Crippen molar-refractivity contribution >= 4 is 60.5 Å². The monoisotopic (exact) mass is 723 g/mol. The van der Waals surface area contributed by atoms with E-state index in [0.29, 0.717) is 0 Å². The smallest absolute Gasteiger partial charge is 0.135 e. The number of rotatable bonds is 6. The van der Waals surface area contributed by atoms with Crippen LogP contribution in [-0.4, -0.2) is 0 Å². The highest BCUT2D eigenvalue weighted by molar-refractivity contribution is 6.13. The van der Waals surface area contributed by atoms with Gasteiger partial charge in [-0.1, -0.05) is 153 Å². The van der Waals surface area contributed by atoms with Crippen molar-refractivity contribution in [1.82, 2.24) is 0 Å². The highest BCUT2D eigenvalue weighted by Crippen LogP contribution is 2.55. The molecular formula is C54H45NO. The van der Waals surface area contributed by atoms with Crippen molar-refractivity contribution < 1.29 is 4.42 Å². The predicted molar refractivity (Wildman–Crippen MR) is 236 cm³/mol. The van der Waals surface area contributed by atoms with Gasteiger partial charge in [-0.15, -0.1) is 0 Å². The quantitative estimate of drug-likeness (QED) is 0.170. The number of furan rings is 1. The second-order valence-electron chi connectivity index (χ2n) is 16.3. The SMILES string of the molecule is c1ccc(-c2cc(C34CCCCC3CCCC4)ccc2N(c2ccc3oc4ccccc4c3c2)c2ccc3ccccc3c2-c2cccc3ccccc23)cc1. The van der Waals surface area contributed by atoms with Crippen LogP contribution in [0.4, 0.5) is 17.1 Å². The molecule has 0 unspecified atom stereocenters. The Kier molecular flexibility index (Phi) is 8.05. The number of anilines is 3. The predicted octanol–water partition coefficient (Wildman–Crippen LogP) is 15.7. The molecule has 11 rings (SSSR count). The minimum absolute atomic E-state index is 0.259. The first kappa shape index (κ1) is 33.2. The molecule has 2 fully saturated rings. The molecule has 0 atom stereocenters. The Bertz CT molecular complexity index is 2880. The second kappa shape index (κ2) is 13.6. The maximum atomic E-state index is 6.40. The summed E-state index contributed by atoms with van der Waals surface area (Å²) >= 11 is 0. The lowest BCUT2D eigenvalue weighted by atomic mass is 9.56. The molecule has 0 spiro atoms. The van der Waals surface area contributed by atoms with E-state index in [4.69, 9.17) is 4.42 Å². The Hall–Kier alpha value is -6.12. The molecule has 2 saturated carbocycles. The van der Waals surface area contributed by atoms with E-state index >= 15 is 0 Å². The van der Waals surface area contributed by atoms with Crippen molar-refractivity contribution in [2.45, 2.75) is 56.8 Å². The van der Waals surface area contributed by atoms with Gasteiger partial charge in [0.1, 0.15) is 11.2 Å². The van der Waals surface area contributed by atoms with Crippen molar-refractivity contribution in [2.75, 3.05) is 4.90 Å². The van der Waals surface area contributed by atoms with Crippen LogP contribution in [0, 0.1) is 5.92 Å².